The molecule has 2 heteroatoms. The average Bonchev–Trinajstić information content (AvgIpc) is 2.05. The molecule has 2 nitrogen and oxygen atoms in total. The molecule has 0 amide bonds. The second kappa shape index (κ2) is 3.35. The maximum atomic E-state index is 9.50. The van der Waals surface area contributed by atoms with Crippen molar-refractivity contribution in [1.82, 2.24) is 4.90 Å². The van der Waals surface area contributed by atoms with Crippen molar-refractivity contribution < 1.29 is 5.11 Å². The summed E-state index contributed by atoms with van der Waals surface area (Å²) >= 11 is 0. The first-order chi connectivity index (χ1) is 5.75. The van der Waals surface area contributed by atoms with Crippen molar-refractivity contribution in [2.75, 3.05) is 20.1 Å². The van der Waals surface area contributed by atoms with Gasteiger partial charge in [-0.3, -0.25) is 0 Å². The fourth-order valence-electron chi connectivity index (χ4n) is 2.77. The van der Waals surface area contributed by atoms with Crippen LogP contribution in [0.1, 0.15) is 25.7 Å². The lowest BCUT2D eigenvalue weighted by Gasteiger charge is -2.41. The number of hydrogen-bond acceptors (Lipinski definition) is 2. The van der Waals surface area contributed by atoms with Crippen molar-refractivity contribution >= 4 is 0 Å². The molecule has 1 saturated carbocycles. The van der Waals surface area contributed by atoms with E-state index in [9.17, 15) is 5.11 Å². The highest BCUT2D eigenvalue weighted by atomic mass is 16.3. The van der Waals surface area contributed by atoms with Gasteiger partial charge in [0.1, 0.15) is 0 Å². The lowest BCUT2D eigenvalue weighted by Crippen LogP contribution is -2.42. The van der Waals surface area contributed by atoms with Crippen LogP contribution in [0.3, 0.4) is 0 Å². The molecular weight excluding hydrogens is 150 g/mol. The molecule has 0 aromatic heterocycles. The molecule has 70 valence electrons. The molecule has 12 heavy (non-hydrogen) atoms. The molecule has 1 aliphatic carbocycles. The summed E-state index contributed by atoms with van der Waals surface area (Å²) in [6.07, 6.45) is 4.66. The lowest BCUT2D eigenvalue weighted by atomic mass is 9.74. The number of aliphatic hydroxyl groups excluding tert-OH is 1. The molecule has 1 saturated heterocycles. The van der Waals surface area contributed by atoms with Crippen LogP contribution in [-0.4, -0.2) is 36.2 Å². The van der Waals surface area contributed by atoms with Gasteiger partial charge in [0.05, 0.1) is 6.10 Å². The van der Waals surface area contributed by atoms with E-state index in [1.54, 1.807) is 0 Å². The Bertz CT molecular complexity index is 142. The number of hydrogen-bond donors (Lipinski definition) is 1. The van der Waals surface area contributed by atoms with Gasteiger partial charge in [-0.1, -0.05) is 0 Å². The largest absolute Gasteiger partial charge is 0.393 e. The summed E-state index contributed by atoms with van der Waals surface area (Å²) < 4.78 is 0. The van der Waals surface area contributed by atoms with Crippen LogP contribution < -0.4 is 0 Å². The first-order valence-electron chi connectivity index (χ1n) is 5.12. The molecular formula is C10H19NO. The van der Waals surface area contributed by atoms with Gasteiger partial charge in [0, 0.05) is 6.54 Å². The summed E-state index contributed by atoms with van der Waals surface area (Å²) in [5, 5.41) is 9.50. The van der Waals surface area contributed by atoms with Crippen molar-refractivity contribution in [2.45, 2.75) is 31.8 Å². The predicted molar refractivity (Wildman–Crippen MR) is 49.0 cm³/mol. The van der Waals surface area contributed by atoms with Crippen LogP contribution in [0, 0.1) is 11.8 Å². The monoisotopic (exact) mass is 169 g/mol. The van der Waals surface area contributed by atoms with Crippen LogP contribution in [-0.2, 0) is 0 Å². The Morgan fingerprint density at radius 1 is 1.17 bits per heavy atom. The molecule has 0 aromatic carbocycles. The molecule has 0 bridgehead atoms. The summed E-state index contributed by atoms with van der Waals surface area (Å²) in [5.74, 6) is 1.71. The smallest absolute Gasteiger partial charge is 0.0543 e. The molecule has 0 aromatic rings. The highest BCUT2D eigenvalue weighted by Crippen LogP contribution is 2.35. The maximum Gasteiger partial charge on any atom is 0.0543 e. The third kappa shape index (κ3) is 1.64. The van der Waals surface area contributed by atoms with Crippen molar-refractivity contribution in [3.05, 3.63) is 0 Å². The van der Waals surface area contributed by atoms with E-state index in [0.29, 0.717) is 0 Å². The minimum Gasteiger partial charge on any atom is -0.393 e. The molecule has 3 atom stereocenters. The standard InChI is InChI=1S/C10H19NO/c1-11-5-4-8-6-10(12)3-2-9(8)7-11/h8-10,12H,2-7H2,1H3/t8?,9?,10-/m0/s1. The number of piperidine rings is 1. The maximum absolute atomic E-state index is 9.50. The number of likely N-dealkylation sites (tertiary alicyclic amines) is 1. The molecule has 1 heterocycles. The normalized spacial score (nSPS) is 44.0. The van der Waals surface area contributed by atoms with Crippen LogP contribution in [0.4, 0.5) is 0 Å². The second-order valence-corrected chi connectivity index (χ2v) is 4.54. The van der Waals surface area contributed by atoms with Gasteiger partial charge in [0.25, 0.3) is 0 Å². The zero-order valence-corrected chi connectivity index (χ0v) is 7.87. The van der Waals surface area contributed by atoms with Crippen LogP contribution in [0.25, 0.3) is 0 Å². The minimum atomic E-state index is 0.00894. The predicted octanol–water partition coefficient (Wildman–Crippen LogP) is 1.10. The fourth-order valence-corrected chi connectivity index (χ4v) is 2.77. The van der Waals surface area contributed by atoms with Gasteiger partial charge in [0.15, 0.2) is 0 Å². The van der Waals surface area contributed by atoms with Gasteiger partial charge in [-0.25, -0.2) is 0 Å². The minimum absolute atomic E-state index is 0.00894. The SMILES string of the molecule is CN1CCC2C[C@@H](O)CCC2C1. The van der Waals surface area contributed by atoms with E-state index >= 15 is 0 Å². The Labute approximate surface area is 74.6 Å². The van der Waals surface area contributed by atoms with E-state index in [0.717, 1.165) is 24.7 Å². The van der Waals surface area contributed by atoms with Gasteiger partial charge < -0.3 is 10.0 Å². The highest BCUT2D eigenvalue weighted by molar-refractivity contribution is 4.85. The van der Waals surface area contributed by atoms with E-state index < -0.39 is 0 Å². The second-order valence-electron chi connectivity index (χ2n) is 4.54. The Hall–Kier alpha value is -0.0800. The summed E-state index contributed by atoms with van der Waals surface area (Å²) in [5.41, 5.74) is 0. The van der Waals surface area contributed by atoms with E-state index in [1.807, 2.05) is 0 Å². The molecule has 0 radical (unpaired) electrons. The van der Waals surface area contributed by atoms with E-state index in [4.69, 9.17) is 0 Å². The van der Waals surface area contributed by atoms with Crippen LogP contribution >= 0.6 is 0 Å². The van der Waals surface area contributed by atoms with Crippen LogP contribution in [0.5, 0.6) is 0 Å². The molecule has 2 aliphatic rings. The molecule has 2 fully saturated rings. The molecule has 1 aliphatic heterocycles. The van der Waals surface area contributed by atoms with Gasteiger partial charge in [-0.05, 0) is 51.1 Å². The van der Waals surface area contributed by atoms with Gasteiger partial charge in [-0.2, -0.15) is 0 Å². The van der Waals surface area contributed by atoms with Crippen molar-refractivity contribution in [3.63, 3.8) is 0 Å². The average molecular weight is 169 g/mol. The topological polar surface area (TPSA) is 23.5 Å². The number of nitrogens with zero attached hydrogens (tertiary/aromatic N) is 1. The number of rotatable bonds is 0. The molecule has 2 rings (SSSR count). The summed E-state index contributed by atoms with van der Waals surface area (Å²) in [6, 6.07) is 0. The zero-order valence-electron chi connectivity index (χ0n) is 7.87. The summed E-state index contributed by atoms with van der Waals surface area (Å²) in [6.45, 7) is 2.49. The Kier molecular flexibility index (Phi) is 2.37. The summed E-state index contributed by atoms with van der Waals surface area (Å²) in [4.78, 5) is 2.43. The Balaban J connectivity index is 1.94. The fraction of sp³-hybridized carbons (Fsp3) is 1.00. The third-order valence-electron chi connectivity index (χ3n) is 3.54. The lowest BCUT2D eigenvalue weighted by molar-refractivity contribution is 0.0275. The molecule has 1 N–H and O–H groups in total. The summed E-state index contributed by atoms with van der Waals surface area (Å²) in [7, 11) is 2.21. The zero-order chi connectivity index (χ0) is 8.55. The molecule has 2 unspecified atom stereocenters. The van der Waals surface area contributed by atoms with Gasteiger partial charge >= 0.3 is 0 Å². The number of aliphatic hydroxyl groups is 1. The first-order valence-corrected chi connectivity index (χ1v) is 5.12. The first kappa shape index (κ1) is 8.52. The van der Waals surface area contributed by atoms with Crippen LogP contribution in [0.15, 0.2) is 0 Å². The van der Waals surface area contributed by atoms with E-state index in [-0.39, 0.29) is 6.10 Å². The Morgan fingerprint density at radius 3 is 2.83 bits per heavy atom. The quantitative estimate of drug-likeness (QED) is 0.587. The van der Waals surface area contributed by atoms with Crippen molar-refractivity contribution in [2.24, 2.45) is 11.8 Å². The third-order valence-corrected chi connectivity index (χ3v) is 3.54. The highest BCUT2D eigenvalue weighted by Gasteiger charge is 2.32. The van der Waals surface area contributed by atoms with Crippen molar-refractivity contribution in [3.8, 4) is 0 Å². The van der Waals surface area contributed by atoms with Gasteiger partial charge in [-0.15, -0.1) is 0 Å². The van der Waals surface area contributed by atoms with E-state index in [1.165, 1.54) is 25.9 Å². The van der Waals surface area contributed by atoms with Crippen molar-refractivity contribution in [1.29, 1.82) is 0 Å². The Morgan fingerprint density at radius 2 is 2.00 bits per heavy atom. The number of fused-ring (bicyclic) bond motifs is 1. The van der Waals surface area contributed by atoms with E-state index in [2.05, 4.69) is 11.9 Å². The van der Waals surface area contributed by atoms with Crippen LogP contribution in [0.2, 0.25) is 0 Å². The van der Waals surface area contributed by atoms with Gasteiger partial charge in [0.2, 0.25) is 0 Å². The molecule has 0 spiro atoms.